The van der Waals surface area contributed by atoms with Crippen LogP contribution in [0.5, 0.6) is 11.5 Å². The summed E-state index contributed by atoms with van der Waals surface area (Å²) in [5.74, 6) is -0.477. The Kier molecular flexibility index (Phi) is 7.24. The Morgan fingerprint density at radius 2 is 1.80 bits per heavy atom. The van der Waals surface area contributed by atoms with Crippen molar-refractivity contribution in [2.45, 2.75) is 51.4 Å². The molecule has 2 aromatic rings. The summed E-state index contributed by atoms with van der Waals surface area (Å²) < 4.78 is 39.5. The first-order valence-corrected chi connectivity index (χ1v) is 15.5. The molecule has 13 heteroatoms. The zero-order valence-electron chi connectivity index (χ0n) is 22.5. The molecule has 1 saturated heterocycles. The van der Waals surface area contributed by atoms with Gasteiger partial charge in [-0.05, 0) is 37.0 Å². The van der Waals surface area contributed by atoms with E-state index in [1.54, 1.807) is 0 Å². The first kappa shape index (κ1) is 27.3. The van der Waals surface area contributed by atoms with Crippen molar-refractivity contribution in [1.82, 2.24) is 9.64 Å². The largest absolute Gasteiger partial charge is 0.452 e. The Labute approximate surface area is 236 Å². The number of anilines is 1. The molecule has 0 radical (unpaired) electrons. The molecule has 0 bridgehead atoms. The fourth-order valence-electron chi connectivity index (χ4n) is 5.80. The highest BCUT2D eigenvalue weighted by atomic mass is 32.2. The van der Waals surface area contributed by atoms with E-state index < -0.39 is 27.9 Å². The zero-order valence-corrected chi connectivity index (χ0v) is 23.3. The Balaban J connectivity index is 1.13. The minimum Gasteiger partial charge on any atom is -0.452 e. The molecule has 2 aromatic carbocycles. The van der Waals surface area contributed by atoms with Crippen molar-refractivity contribution in [2.75, 3.05) is 36.8 Å². The van der Waals surface area contributed by atoms with Gasteiger partial charge >= 0.3 is 5.97 Å². The van der Waals surface area contributed by atoms with E-state index in [9.17, 15) is 22.8 Å². The molecule has 1 fully saturated rings. The van der Waals surface area contributed by atoms with Crippen LogP contribution in [0.3, 0.4) is 0 Å². The molecule has 0 saturated carbocycles. The lowest BCUT2D eigenvalue weighted by atomic mass is 10.1. The normalized spacial score (nSPS) is 17.1. The maximum absolute atomic E-state index is 12.2. The fraction of sp³-hybridized carbons (Fsp3) is 0.464. The summed E-state index contributed by atoms with van der Waals surface area (Å²) in [4.78, 5) is 47.6. The lowest BCUT2D eigenvalue weighted by Crippen LogP contribution is -2.32. The van der Waals surface area contributed by atoms with Crippen LogP contribution < -0.4 is 24.9 Å². The summed E-state index contributed by atoms with van der Waals surface area (Å²) in [6.45, 7) is 2.93. The number of carbonyl (C=O) groups is 3. The van der Waals surface area contributed by atoms with Crippen LogP contribution in [0.25, 0.3) is 0 Å². The van der Waals surface area contributed by atoms with E-state index in [4.69, 9.17) is 19.1 Å². The topological polar surface area (TPSA) is 146 Å². The molecule has 4 heterocycles. The lowest BCUT2D eigenvalue weighted by molar-refractivity contribution is -0.197. The highest BCUT2D eigenvalue weighted by Gasteiger charge is 2.33. The molecule has 4 aliphatic rings. The predicted octanol–water partition coefficient (Wildman–Crippen LogP) is 1.21. The number of rotatable bonds is 10. The Hall–Kier alpha value is -3.84. The summed E-state index contributed by atoms with van der Waals surface area (Å²) in [6, 6.07) is 8.11. The van der Waals surface area contributed by atoms with E-state index in [0.29, 0.717) is 48.9 Å². The molecule has 2 amide bonds. The van der Waals surface area contributed by atoms with Gasteiger partial charge in [-0.25, -0.2) is 14.4 Å². The molecule has 0 aliphatic carbocycles. The average Bonchev–Trinajstić information content (AvgIpc) is 3.60. The van der Waals surface area contributed by atoms with Crippen molar-refractivity contribution in [2.24, 2.45) is 4.99 Å². The van der Waals surface area contributed by atoms with E-state index in [-0.39, 0.29) is 25.0 Å². The first-order chi connectivity index (χ1) is 19.6. The second kappa shape index (κ2) is 10.9. The summed E-state index contributed by atoms with van der Waals surface area (Å²) in [7, 11) is -3.95. The molecule has 0 unspecified atom stereocenters. The molecule has 0 atom stereocenters. The molecular formula is C28H31N4O8S+. The third kappa shape index (κ3) is 5.82. The average molecular weight is 584 g/mol. The molecule has 0 aromatic heterocycles. The van der Waals surface area contributed by atoms with Gasteiger partial charge in [-0.3, -0.25) is 14.1 Å². The van der Waals surface area contributed by atoms with Gasteiger partial charge in [0.2, 0.25) is 5.36 Å². The van der Waals surface area contributed by atoms with Crippen molar-refractivity contribution < 1.29 is 36.9 Å². The minimum atomic E-state index is -3.95. The van der Waals surface area contributed by atoms with Crippen molar-refractivity contribution >= 4 is 39.3 Å². The van der Waals surface area contributed by atoms with E-state index in [2.05, 4.69) is 21.6 Å². The molecule has 41 heavy (non-hydrogen) atoms. The van der Waals surface area contributed by atoms with Crippen LogP contribution in [0, 0.1) is 0 Å². The number of imide groups is 1. The molecule has 4 aliphatic heterocycles. The number of hydrogen-bond donors (Lipinski definition) is 1. The number of ether oxygens (including phenoxy) is 1. The number of benzene rings is 2. The van der Waals surface area contributed by atoms with Crippen LogP contribution in [0.1, 0.15) is 49.7 Å². The quantitative estimate of drug-likeness (QED) is 0.161. The summed E-state index contributed by atoms with van der Waals surface area (Å²) >= 11 is 0. The van der Waals surface area contributed by atoms with E-state index in [1.165, 1.54) is 5.56 Å². The van der Waals surface area contributed by atoms with Crippen molar-refractivity contribution in [3.8, 4) is 11.5 Å². The lowest BCUT2D eigenvalue weighted by Gasteiger charge is -2.21. The van der Waals surface area contributed by atoms with Gasteiger partial charge in [-0.15, -0.1) is 5.06 Å². The minimum absolute atomic E-state index is 0.0697. The predicted molar refractivity (Wildman–Crippen MR) is 146 cm³/mol. The molecule has 216 valence electrons. The number of amides is 2. The van der Waals surface area contributed by atoms with Crippen LogP contribution >= 0.6 is 0 Å². The van der Waals surface area contributed by atoms with E-state index in [1.807, 2.05) is 12.1 Å². The van der Waals surface area contributed by atoms with Gasteiger partial charge in [0.15, 0.2) is 11.5 Å². The Morgan fingerprint density at radius 3 is 2.59 bits per heavy atom. The first-order valence-electron chi connectivity index (χ1n) is 13.9. The van der Waals surface area contributed by atoms with Gasteiger partial charge in [-0.1, -0.05) is 0 Å². The maximum Gasteiger partial charge on any atom is 0.333 e. The van der Waals surface area contributed by atoms with Gasteiger partial charge in [0, 0.05) is 56.1 Å². The van der Waals surface area contributed by atoms with Crippen LogP contribution in [0.4, 0.5) is 11.4 Å². The number of nitrogens with zero attached hydrogens (tertiary/aromatic N) is 4. The van der Waals surface area contributed by atoms with Crippen molar-refractivity contribution in [3.63, 3.8) is 0 Å². The van der Waals surface area contributed by atoms with Gasteiger partial charge in [0.05, 0.1) is 18.2 Å². The fourth-order valence-corrected chi connectivity index (χ4v) is 6.37. The number of hydroxylamine groups is 2. The SMILES string of the molecule is O=C(CCC[N+]1=c2cc3c(cc2CC1)=Nc1cc2c(cc1O3)N(CCCCS(=O)(=O)O)CC2)ON1C(=O)CCC1=O. The molecule has 0 spiro atoms. The van der Waals surface area contributed by atoms with Gasteiger partial charge < -0.3 is 14.5 Å². The number of carbonyl (C=O) groups excluding carboxylic acids is 3. The van der Waals surface area contributed by atoms with Crippen LogP contribution in [-0.2, 0) is 42.2 Å². The second-order valence-electron chi connectivity index (χ2n) is 10.7. The van der Waals surface area contributed by atoms with Crippen LogP contribution in [-0.4, -0.2) is 67.7 Å². The molecule has 6 rings (SSSR count). The molecule has 1 N–H and O–H groups in total. The van der Waals surface area contributed by atoms with E-state index in [0.717, 1.165) is 53.6 Å². The summed E-state index contributed by atoms with van der Waals surface area (Å²) in [6.07, 6.45) is 3.51. The maximum atomic E-state index is 12.2. The third-order valence-corrected chi connectivity index (χ3v) is 8.66. The van der Waals surface area contributed by atoms with Gasteiger partial charge in [-0.2, -0.15) is 8.42 Å². The Bertz CT molecular complexity index is 1670. The highest BCUT2D eigenvalue weighted by Crippen LogP contribution is 2.41. The smallest absolute Gasteiger partial charge is 0.333 e. The Morgan fingerprint density at radius 1 is 1.00 bits per heavy atom. The number of hydrogen-bond acceptors (Lipinski definition) is 9. The standard InChI is InChI=1S/C28H30N4O8S/c33-26-5-6-27(34)32(26)40-28(35)4-3-10-31-12-8-19-15-21-25(17-23(19)31)39-24-16-22-18(14-20(24)29-21)7-11-30(22)9-1-2-13-41(36,37)38/h14-17H,1-13H2/p+1. The summed E-state index contributed by atoms with van der Waals surface area (Å²) in [5.41, 5.74) is 4.18. The molecular weight excluding hydrogens is 552 g/mol. The number of unbranched alkanes of at least 4 members (excludes halogenated alkanes) is 1. The highest BCUT2D eigenvalue weighted by molar-refractivity contribution is 7.85. The van der Waals surface area contributed by atoms with Crippen molar-refractivity contribution in [1.29, 1.82) is 0 Å². The zero-order chi connectivity index (χ0) is 28.7. The van der Waals surface area contributed by atoms with Crippen LogP contribution in [0.15, 0.2) is 29.3 Å². The van der Waals surface area contributed by atoms with E-state index >= 15 is 0 Å². The number of fused-ring (bicyclic) bond motifs is 4. The molecule has 12 nitrogen and oxygen atoms in total. The summed E-state index contributed by atoms with van der Waals surface area (Å²) in [5, 5.41) is 2.39. The van der Waals surface area contributed by atoms with Crippen molar-refractivity contribution in [3.05, 3.63) is 46.1 Å². The van der Waals surface area contributed by atoms with Gasteiger partial charge in [0.25, 0.3) is 21.9 Å². The monoisotopic (exact) mass is 583 g/mol. The second-order valence-corrected chi connectivity index (χ2v) is 12.3. The van der Waals surface area contributed by atoms with Gasteiger partial charge in [0.1, 0.15) is 24.1 Å². The van der Waals surface area contributed by atoms with Crippen LogP contribution in [0.2, 0.25) is 0 Å². The third-order valence-electron chi connectivity index (χ3n) is 7.85.